The maximum atomic E-state index is 14.1. The van der Waals surface area contributed by atoms with E-state index in [4.69, 9.17) is 5.73 Å². The van der Waals surface area contributed by atoms with Crippen LogP contribution in [-0.2, 0) is 29.1 Å². The standard InChI is InChI=1S/C31H36N4O7/c1-34(2)20-12-17(14-33-13-15-8-6-5-7-9-15)25(36)22-18(20)10-16-11-19-24(35(3)4)27(38)23(30(32)41)29(40)31(19,42)28(39)21(16)26(22)37/h5-9,12,16,19,24,33,36,38-39,42H,10-11,13-14H2,1-4H3,(H2,32,41). The summed E-state index contributed by atoms with van der Waals surface area (Å²) in [5.74, 6) is -6.62. The van der Waals surface area contributed by atoms with Crippen LogP contribution in [-0.4, -0.2) is 82.6 Å². The molecule has 1 amide bonds. The van der Waals surface area contributed by atoms with Gasteiger partial charge in [0.15, 0.2) is 11.4 Å². The second-order valence-corrected chi connectivity index (χ2v) is 11.7. The zero-order valence-corrected chi connectivity index (χ0v) is 24.0. The van der Waals surface area contributed by atoms with E-state index < -0.39 is 58.0 Å². The van der Waals surface area contributed by atoms with E-state index in [1.165, 1.54) is 4.90 Å². The molecular weight excluding hydrogens is 540 g/mol. The van der Waals surface area contributed by atoms with Crippen LogP contribution in [0.4, 0.5) is 5.69 Å². The SMILES string of the molecule is CN(C)c1cc(CNCc2ccccc2)c(O)c2c1CC1CC3C(N(C)C)C(O)=C(C(N)=O)C(=O)C3(O)C(O)=C1C2=O. The minimum atomic E-state index is -2.67. The lowest BCUT2D eigenvalue weighted by molar-refractivity contribution is -0.148. The number of Topliss-reactive ketones (excluding diaryl/α,β-unsaturated/α-hetero) is 2. The van der Waals surface area contributed by atoms with Crippen LogP contribution in [0, 0.1) is 11.8 Å². The Bertz CT molecular complexity index is 1550. The van der Waals surface area contributed by atoms with Crippen LogP contribution in [0.1, 0.15) is 33.5 Å². The first-order valence-electron chi connectivity index (χ1n) is 13.7. The number of ketones is 2. The monoisotopic (exact) mass is 576 g/mol. The molecule has 0 fully saturated rings. The number of amides is 1. The van der Waals surface area contributed by atoms with Crippen LogP contribution in [0.15, 0.2) is 59.1 Å². The summed E-state index contributed by atoms with van der Waals surface area (Å²) in [6.07, 6.45) is 0.271. The molecule has 5 rings (SSSR count). The number of rotatable bonds is 7. The first-order valence-corrected chi connectivity index (χ1v) is 13.7. The zero-order chi connectivity index (χ0) is 30.7. The smallest absolute Gasteiger partial charge is 0.255 e. The Morgan fingerprint density at radius 3 is 2.33 bits per heavy atom. The summed E-state index contributed by atoms with van der Waals surface area (Å²) < 4.78 is 0. The van der Waals surface area contributed by atoms with E-state index in [2.05, 4.69) is 5.32 Å². The molecule has 4 unspecified atom stereocenters. The van der Waals surface area contributed by atoms with Crippen molar-refractivity contribution in [2.24, 2.45) is 17.6 Å². The van der Waals surface area contributed by atoms with Gasteiger partial charge in [-0.2, -0.15) is 0 Å². The molecule has 3 aliphatic carbocycles. The number of hydrogen-bond donors (Lipinski definition) is 6. The van der Waals surface area contributed by atoms with Gasteiger partial charge in [0.1, 0.15) is 22.8 Å². The fraction of sp³-hybridized carbons (Fsp3) is 0.387. The highest BCUT2D eigenvalue weighted by atomic mass is 16.3. The van der Waals surface area contributed by atoms with Crippen LogP contribution >= 0.6 is 0 Å². The summed E-state index contributed by atoms with van der Waals surface area (Å²) >= 11 is 0. The van der Waals surface area contributed by atoms with Crippen molar-refractivity contribution < 1.29 is 34.8 Å². The molecule has 11 heteroatoms. The second-order valence-electron chi connectivity index (χ2n) is 11.7. The van der Waals surface area contributed by atoms with Gasteiger partial charge >= 0.3 is 0 Å². The molecule has 0 aliphatic heterocycles. The highest BCUT2D eigenvalue weighted by molar-refractivity contribution is 6.25. The van der Waals surface area contributed by atoms with Gasteiger partial charge in [0.2, 0.25) is 5.78 Å². The summed E-state index contributed by atoms with van der Waals surface area (Å²) in [5.41, 5.74) is 4.55. The van der Waals surface area contributed by atoms with Gasteiger partial charge in [0, 0.05) is 49.9 Å². The number of fused-ring (bicyclic) bond motifs is 3. The highest BCUT2D eigenvalue weighted by Crippen LogP contribution is 2.53. The van der Waals surface area contributed by atoms with Crippen molar-refractivity contribution in [3.05, 3.63) is 81.3 Å². The number of hydrogen-bond acceptors (Lipinski definition) is 10. The average molecular weight is 577 g/mol. The number of nitrogens with two attached hydrogens (primary N) is 1. The third-order valence-electron chi connectivity index (χ3n) is 8.75. The molecule has 0 saturated heterocycles. The lowest BCUT2D eigenvalue weighted by Crippen LogP contribution is -2.63. The minimum Gasteiger partial charge on any atom is -0.510 e. The minimum absolute atomic E-state index is 0.00140. The predicted molar refractivity (Wildman–Crippen MR) is 155 cm³/mol. The first kappa shape index (κ1) is 29.3. The van der Waals surface area contributed by atoms with Gasteiger partial charge < -0.3 is 36.4 Å². The van der Waals surface area contributed by atoms with Crippen LogP contribution in [0.2, 0.25) is 0 Å². The molecule has 2 aromatic carbocycles. The summed E-state index contributed by atoms with van der Waals surface area (Å²) in [4.78, 5) is 43.2. The molecule has 2 aromatic rings. The van der Waals surface area contributed by atoms with Gasteiger partial charge in [0.25, 0.3) is 5.91 Å². The van der Waals surface area contributed by atoms with E-state index in [9.17, 15) is 34.8 Å². The number of anilines is 1. The molecule has 0 radical (unpaired) electrons. The van der Waals surface area contributed by atoms with Gasteiger partial charge in [-0.05, 0) is 50.0 Å². The first-order chi connectivity index (χ1) is 19.8. The Labute approximate surface area is 243 Å². The van der Waals surface area contributed by atoms with E-state index in [0.29, 0.717) is 17.7 Å². The fourth-order valence-electron chi connectivity index (χ4n) is 6.82. The lowest BCUT2D eigenvalue weighted by atomic mass is 9.58. The topological polar surface area (TPSA) is 177 Å². The zero-order valence-electron chi connectivity index (χ0n) is 24.0. The summed E-state index contributed by atoms with van der Waals surface area (Å²) in [7, 11) is 6.86. The highest BCUT2D eigenvalue weighted by Gasteiger charge is 2.63. The van der Waals surface area contributed by atoms with E-state index in [1.54, 1.807) is 14.1 Å². The number of likely N-dealkylation sites (N-methyl/N-ethyl adjacent to an activating group) is 1. The lowest BCUT2D eigenvalue weighted by Gasteiger charge is -2.50. The number of carbonyl (C=O) groups is 3. The molecule has 0 bridgehead atoms. The fourth-order valence-corrected chi connectivity index (χ4v) is 6.82. The molecule has 7 N–H and O–H groups in total. The van der Waals surface area contributed by atoms with E-state index in [-0.39, 0.29) is 36.3 Å². The third kappa shape index (κ3) is 4.36. The van der Waals surface area contributed by atoms with Crippen molar-refractivity contribution in [2.75, 3.05) is 33.1 Å². The second kappa shape index (κ2) is 10.6. The van der Waals surface area contributed by atoms with E-state index in [0.717, 1.165) is 11.3 Å². The average Bonchev–Trinajstić information content (AvgIpc) is 2.92. The number of nitrogens with zero attached hydrogens (tertiary/aromatic N) is 2. The summed E-state index contributed by atoms with van der Waals surface area (Å²) in [5, 5.41) is 48.9. The van der Waals surface area contributed by atoms with Crippen molar-refractivity contribution >= 4 is 23.2 Å². The molecular formula is C31H36N4O7. The van der Waals surface area contributed by atoms with E-state index >= 15 is 0 Å². The maximum absolute atomic E-state index is 14.1. The molecule has 0 spiro atoms. The summed E-state index contributed by atoms with van der Waals surface area (Å²) in [6, 6.07) is 10.5. The normalized spacial score (nSPS) is 25.3. The van der Waals surface area contributed by atoms with Gasteiger partial charge in [-0.3, -0.25) is 19.3 Å². The summed E-state index contributed by atoms with van der Waals surface area (Å²) in [6.45, 7) is 0.778. The third-order valence-corrected chi connectivity index (χ3v) is 8.75. The number of aliphatic hydroxyl groups is 3. The van der Waals surface area contributed by atoms with E-state index in [1.807, 2.05) is 55.4 Å². The van der Waals surface area contributed by atoms with Crippen molar-refractivity contribution in [2.45, 2.75) is 37.6 Å². The van der Waals surface area contributed by atoms with Crippen LogP contribution in [0.5, 0.6) is 5.75 Å². The molecule has 222 valence electrons. The number of primary amides is 1. The van der Waals surface area contributed by atoms with Crippen molar-refractivity contribution in [1.29, 1.82) is 0 Å². The van der Waals surface area contributed by atoms with Crippen molar-refractivity contribution in [1.82, 2.24) is 10.2 Å². The number of phenols is 1. The quantitative estimate of drug-likeness (QED) is 0.265. The van der Waals surface area contributed by atoms with Crippen molar-refractivity contribution in [3.63, 3.8) is 0 Å². The Hall–Kier alpha value is -4.19. The number of aliphatic hydroxyl groups excluding tert-OH is 2. The van der Waals surface area contributed by atoms with Gasteiger partial charge in [-0.1, -0.05) is 30.3 Å². The number of benzene rings is 2. The Kier molecular flexibility index (Phi) is 7.38. The number of aromatic hydroxyl groups is 1. The molecule has 11 nitrogen and oxygen atoms in total. The number of carbonyl (C=O) groups excluding carboxylic acids is 3. The molecule has 4 atom stereocenters. The number of allylic oxidation sites excluding steroid dienone is 1. The number of phenolic OH excluding ortho intramolecular Hbond substituents is 1. The maximum Gasteiger partial charge on any atom is 0.255 e. The Morgan fingerprint density at radius 2 is 1.74 bits per heavy atom. The van der Waals surface area contributed by atoms with Gasteiger partial charge in [0.05, 0.1) is 11.6 Å². The van der Waals surface area contributed by atoms with Crippen molar-refractivity contribution in [3.8, 4) is 5.75 Å². The molecule has 0 aromatic heterocycles. The molecule has 0 saturated carbocycles. The molecule has 0 heterocycles. The van der Waals surface area contributed by atoms with Crippen LogP contribution < -0.4 is 16.0 Å². The Balaban J connectivity index is 1.61. The molecule has 42 heavy (non-hydrogen) atoms. The van der Waals surface area contributed by atoms with Gasteiger partial charge in [-0.15, -0.1) is 0 Å². The van der Waals surface area contributed by atoms with Crippen LogP contribution in [0.25, 0.3) is 0 Å². The molecule has 3 aliphatic rings. The Morgan fingerprint density at radius 1 is 1.07 bits per heavy atom. The van der Waals surface area contributed by atoms with Gasteiger partial charge in [-0.25, -0.2) is 0 Å². The number of nitrogens with one attached hydrogen (secondary N) is 1. The van der Waals surface area contributed by atoms with Crippen LogP contribution in [0.3, 0.4) is 0 Å². The predicted octanol–water partition coefficient (Wildman–Crippen LogP) is 1.48. The largest absolute Gasteiger partial charge is 0.510 e.